The predicted molar refractivity (Wildman–Crippen MR) is 151 cm³/mol. The van der Waals surface area contributed by atoms with E-state index in [4.69, 9.17) is 11.6 Å². The number of piperidine rings is 1. The smallest absolute Gasteiger partial charge is 0.397 e. The molecule has 0 saturated carbocycles. The van der Waals surface area contributed by atoms with Crippen LogP contribution >= 0.6 is 0 Å². The molecular weight excluding hydrogens is 521 g/mol. The van der Waals surface area contributed by atoms with Crippen LogP contribution in [0.1, 0.15) is 52.0 Å². The second-order valence-corrected chi connectivity index (χ2v) is 9.89. The van der Waals surface area contributed by atoms with Gasteiger partial charge in [-0.2, -0.15) is 18.3 Å². The number of nitrogens with two attached hydrogens (primary N) is 2. The maximum Gasteiger partial charge on any atom is 0.416 e. The highest BCUT2D eigenvalue weighted by molar-refractivity contribution is 6.05. The second-order valence-electron chi connectivity index (χ2n) is 9.89. The number of rotatable bonds is 6. The van der Waals surface area contributed by atoms with E-state index < -0.39 is 17.6 Å². The predicted octanol–water partition coefficient (Wildman–Crippen LogP) is 5.09. The SMILES string of the molecule is Cc1ccc(C(=O)Nc2cc(N=C3CCCCN3C)cc(C(F)(F)F)c2)cc1N(N)/C=C(\N)c1cnn(C)c1C. The quantitative estimate of drug-likeness (QED) is 0.289. The lowest BCUT2D eigenvalue weighted by Crippen LogP contribution is -2.31. The molecule has 0 bridgehead atoms. The zero-order chi connectivity index (χ0) is 29.2. The highest BCUT2D eigenvalue weighted by Crippen LogP contribution is 2.35. The number of likely N-dealkylation sites (tertiary alicyclic amines) is 1. The fraction of sp³-hybridized carbons (Fsp3) is 0.321. The monoisotopic (exact) mass is 554 g/mol. The molecule has 2 aromatic carbocycles. The van der Waals surface area contributed by atoms with E-state index in [1.807, 2.05) is 25.8 Å². The van der Waals surface area contributed by atoms with Crippen molar-refractivity contribution in [3.05, 3.63) is 76.7 Å². The number of hydrogen-bond acceptors (Lipinski definition) is 6. The Hall–Kier alpha value is -4.32. The number of halogens is 3. The number of amidine groups is 1. The van der Waals surface area contributed by atoms with E-state index in [0.29, 0.717) is 29.2 Å². The van der Waals surface area contributed by atoms with Gasteiger partial charge in [0.15, 0.2) is 0 Å². The van der Waals surface area contributed by atoms with Crippen LogP contribution in [0.4, 0.5) is 30.2 Å². The Bertz CT molecular complexity index is 1470. The molecule has 9 nitrogen and oxygen atoms in total. The molecule has 5 N–H and O–H groups in total. The molecule has 1 aromatic heterocycles. The van der Waals surface area contributed by atoms with Gasteiger partial charge in [-0.1, -0.05) is 6.07 Å². The van der Waals surface area contributed by atoms with Crippen LogP contribution in [0.25, 0.3) is 5.70 Å². The number of alkyl halides is 3. The Labute approximate surface area is 230 Å². The summed E-state index contributed by atoms with van der Waals surface area (Å²) in [4.78, 5) is 19.6. The van der Waals surface area contributed by atoms with Gasteiger partial charge in [0.05, 0.1) is 28.8 Å². The van der Waals surface area contributed by atoms with E-state index in [2.05, 4.69) is 15.4 Å². The van der Waals surface area contributed by atoms with Crippen molar-refractivity contribution >= 4 is 34.5 Å². The van der Waals surface area contributed by atoms with Crippen molar-refractivity contribution in [1.82, 2.24) is 14.7 Å². The molecule has 4 rings (SSSR count). The van der Waals surface area contributed by atoms with Gasteiger partial charge in [0.1, 0.15) is 5.84 Å². The highest BCUT2D eigenvalue weighted by Gasteiger charge is 2.31. The van der Waals surface area contributed by atoms with Crippen molar-refractivity contribution in [2.75, 3.05) is 23.9 Å². The summed E-state index contributed by atoms with van der Waals surface area (Å²) in [5.74, 6) is 6.39. The number of hydrogen-bond donors (Lipinski definition) is 3. The van der Waals surface area contributed by atoms with Gasteiger partial charge >= 0.3 is 6.18 Å². The van der Waals surface area contributed by atoms with Crippen molar-refractivity contribution in [2.45, 2.75) is 39.3 Å². The summed E-state index contributed by atoms with van der Waals surface area (Å²) >= 11 is 0. The maximum absolute atomic E-state index is 13.7. The lowest BCUT2D eigenvalue weighted by Gasteiger charge is -2.26. The maximum atomic E-state index is 13.7. The van der Waals surface area contributed by atoms with Crippen molar-refractivity contribution in [2.24, 2.45) is 23.6 Å². The van der Waals surface area contributed by atoms with Crippen molar-refractivity contribution in [1.29, 1.82) is 0 Å². The van der Waals surface area contributed by atoms with E-state index >= 15 is 0 Å². The van der Waals surface area contributed by atoms with Gasteiger partial charge in [0.25, 0.3) is 5.91 Å². The molecule has 212 valence electrons. The molecule has 1 fully saturated rings. The fourth-order valence-corrected chi connectivity index (χ4v) is 4.46. The summed E-state index contributed by atoms with van der Waals surface area (Å²) in [5, 5.41) is 8.07. The van der Waals surface area contributed by atoms with E-state index in [1.165, 1.54) is 17.3 Å². The number of aliphatic imine (C=N–C) groups is 1. The molecular formula is C28H33F3N8O. The number of amides is 1. The summed E-state index contributed by atoms with van der Waals surface area (Å²) in [7, 11) is 3.66. The van der Waals surface area contributed by atoms with E-state index in [9.17, 15) is 18.0 Å². The first-order valence-corrected chi connectivity index (χ1v) is 12.8. The molecule has 0 atom stereocenters. The molecule has 1 amide bonds. The third-order valence-electron chi connectivity index (χ3n) is 6.92. The Morgan fingerprint density at radius 1 is 1.15 bits per heavy atom. The van der Waals surface area contributed by atoms with Crippen LogP contribution in [-0.2, 0) is 13.2 Å². The van der Waals surface area contributed by atoms with Crippen LogP contribution in [-0.4, -0.2) is 40.0 Å². The van der Waals surface area contributed by atoms with Crippen LogP contribution in [0.15, 0.2) is 53.8 Å². The third-order valence-corrected chi connectivity index (χ3v) is 6.92. The van der Waals surface area contributed by atoms with E-state index in [1.54, 1.807) is 36.1 Å². The van der Waals surface area contributed by atoms with Gasteiger partial charge < -0.3 is 16.0 Å². The molecule has 1 aliphatic heterocycles. The van der Waals surface area contributed by atoms with Crippen LogP contribution in [0.5, 0.6) is 0 Å². The average Bonchev–Trinajstić information content (AvgIpc) is 3.23. The number of nitrogens with zero attached hydrogens (tertiary/aromatic N) is 5. The Kier molecular flexibility index (Phi) is 8.19. The topological polar surface area (TPSA) is 118 Å². The molecule has 0 spiro atoms. The number of hydrazine groups is 1. The highest BCUT2D eigenvalue weighted by atomic mass is 19.4. The number of benzene rings is 2. The zero-order valence-corrected chi connectivity index (χ0v) is 22.9. The Morgan fingerprint density at radius 2 is 1.90 bits per heavy atom. The fourth-order valence-electron chi connectivity index (χ4n) is 4.46. The average molecular weight is 555 g/mol. The number of anilines is 2. The van der Waals surface area contributed by atoms with Crippen molar-refractivity contribution < 1.29 is 18.0 Å². The normalized spacial score (nSPS) is 15.4. The molecule has 0 aliphatic carbocycles. The molecule has 40 heavy (non-hydrogen) atoms. The first-order chi connectivity index (χ1) is 18.8. The molecule has 1 saturated heterocycles. The minimum Gasteiger partial charge on any atom is -0.397 e. The minimum atomic E-state index is -4.61. The minimum absolute atomic E-state index is 0.0134. The first kappa shape index (κ1) is 28.7. The summed E-state index contributed by atoms with van der Waals surface area (Å²) in [6.45, 7) is 4.48. The van der Waals surface area contributed by atoms with Crippen LogP contribution < -0.4 is 21.9 Å². The lowest BCUT2D eigenvalue weighted by molar-refractivity contribution is -0.137. The standard InChI is InChI=1S/C28H33F3N8O/c1-17-8-9-19(11-25(17)39(33)16-24(32)23-15-34-38(4)18(23)2)27(40)36-22-13-20(28(29,30)31)12-21(14-22)35-26-7-5-6-10-37(26)3/h8-9,11-16H,5-7,10,32-33H2,1-4H3,(H,36,40)/b24-16-,35-26?. The van der Waals surface area contributed by atoms with Gasteiger partial charge in [0, 0.05) is 55.8 Å². The lowest BCUT2D eigenvalue weighted by atomic mass is 10.1. The van der Waals surface area contributed by atoms with Gasteiger partial charge in [0.2, 0.25) is 0 Å². The zero-order valence-electron chi connectivity index (χ0n) is 22.9. The largest absolute Gasteiger partial charge is 0.416 e. The summed E-state index contributed by atoms with van der Waals surface area (Å²) < 4.78 is 42.8. The number of aryl methyl sites for hydroxylation is 2. The van der Waals surface area contributed by atoms with Gasteiger partial charge in [-0.05, 0) is 62.6 Å². The van der Waals surface area contributed by atoms with Gasteiger partial charge in [-0.25, -0.2) is 10.8 Å². The van der Waals surface area contributed by atoms with Crippen molar-refractivity contribution in [3.63, 3.8) is 0 Å². The number of nitrogens with one attached hydrogen (secondary N) is 1. The van der Waals surface area contributed by atoms with Gasteiger partial charge in [-0.3, -0.25) is 14.5 Å². The van der Waals surface area contributed by atoms with E-state index in [0.717, 1.165) is 42.8 Å². The summed E-state index contributed by atoms with van der Waals surface area (Å²) in [5.41, 5.74) is 8.86. The molecule has 12 heteroatoms. The molecule has 1 aliphatic rings. The number of carbonyl (C=O) groups excluding carboxylic acids is 1. The van der Waals surface area contributed by atoms with Crippen LogP contribution in [0.3, 0.4) is 0 Å². The Morgan fingerprint density at radius 3 is 2.55 bits per heavy atom. The third kappa shape index (κ3) is 6.45. The summed E-state index contributed by atoms with van der Waals surface area (Å²) in [6, 6.07) is 8.15. The van der Waals surface area contributed by atoms with Crippen LogP contribution in [0.2, 0.25) is 0 Å². The van der Waals surface area contributed by atoms with Crippen LogP contribution in [0, 0.1) is 13.8 Å². The van der Waals surface area contributed by atoms with Gasteiger partial charge in [-0.15, -0.1) is 0 Å². The van der Waals surface area contributed by atoms with Crippen molar-refractivity contribution in [3.8, 4) is 0 Å². The number of carbonyl (C=O) groups is 1. The first-order valence-electron chi connectivity index (χ1n) is 12.8. The number of aromatic nitrogens is 2. The molecule has 3 aromatic rings. The summed E-state index contributed by atoms with van der Waals surface area (Å²) in [6.07, 6.45) is 1.15. The molecule has 2 heterocycles. The second kappa shape index (κ2) is 11.4. The Balaban J connectivity index is 1.61. The van der Waals surface area contributed by atoms with E-state index in [-0.39, 0.29) is 16.9 Å². The molecule has 0 unspecified atom stereocenters. The molecule has 0 radical (unpaired) electrons.